The van der Waals surface area contributed by atoms with Crippen LogP contribution in [0.4, 0.5) is 0 Å². The number of hydrogen-bond donors (Lipinski definition) is 0. The van der Waals surface area contributed by atoms with E-state index in [1.165, 1.54) is 0 Å². The summed E-state index contributed by atoms with van der Waals surface area (Å²) >= 11 is 0. The van der Waals surface area contributed by atoms with Crippen molar-refractivity contribution in [1.29, 1.82) is 5.26 Å². The first-order valence-corrected chi connectivity index (χ1v) is 9.92. The van der Waals surface area contributed by atoms with Gasteiger partial charge in [-0.2, -0.15) is 9.83 Å². The smallest absolute Gasteiger partial charge is 0.213 e. The summed E-state index contributed by atoms with van der Waals surface area (Å²) in [5.74, 6) is 0. The van der Waals surface area contributed by atoms with Gasteiger partial charge in [-0.1, -0.05) is 20.8 Å². The summed E-state index contributed by atoms with van der Waals surface area (Å²) in [4.78, 5) is 0. The van der Waals surface area contributed by atoms with Crippen LogP contribution in [0.1, 0.15) is 56.9 Å². The van der Waals surface area contributed by atoms with Crippen molar-refractivity contribution in [2.24, 2.45) is 12.5 Å². The first kappa shape index (κ1) is 14.0. The van der Waals surface area contributed by atoms with Crippen LogP contribution in [0, 0.1) is 37.4 Å². The molecule has 0 saturated heterocycles. The topological polar surface area (TPSA) is 40.8 Å². The van der Waals surface area contributed by atoms with Gasteiger partial charge in [-0.05, 0) is 67.0 Å². The predicted molar refractivity (Wildman–Crippen MR) is 122 cm³/mol. The van der Waals surface area contributed by atoms with Crippen molar-refractivity contribution in [2.75, 3.05) is 0 Å². The summed E-state index contributed by atoms with van der Waals surface area (Å²) < 4.78 is 59.3. The predicted octanol–water partition coefficient (Wildman–Crippen LogP) is 6.46. The van der Waals surface area contributed by atoms with Gasteiger partial charge in [0.05, 0.1) is 18.6 Å². The molecule has 30 heavy (non-hydrogen) atoms. The number of hydrogen-bond acceptors (Lipinski definition) is 2. The van der Waals surface area contributed by atoms with E-state index in [0.717, 1.165) is 16.3 Å². The summed E-state index contributed by atoms with van der Waals surface area (Å²) in [6, 6.07) is 11.0. The van der Waals surface area contributed by atoms with Crippen LogP contribution in [-0.2, 0) is 13.4 Å². The van der Waals surface area contributed by atoms with E-state index < -0.39 is 18.6 Å². The monoisotopic (exact) mass is 403 g/mol. The van der Waals surface area contributed by atoms with Crippen LogP contribution in [0.2, 0.25) is 0 Å². The highest BCUT2D eigenvalue weighted by atomic mass is 16.3. The largest absolute Gasteiger partial charge is 0.456 e. The summed E-state index contributed by atoms with van der Waals surface area (Å²) in [7, 11) is 1.70. The molecule has 4 rings (SSSR count). The van der Waals surface area contributed by atoms with Gasteiger partial charge in [0.2, 0.25) is 5.69 Å². The molecule has 0 fully saturated rings. The van der Waals surface area contributed by atoms with Crippen molar-refractivity contribution in [3.8, 4) is 17.3 Å². The average Bonchev–Trinajstić information content (AvgIpc) is 3.10. The molecule has 152 valence electrons. The fourth-order valence-corrected chi connectivity index (χ4v) is 3.75. The van der Waals surface area contributed by atoms with Crippen LogP contribution < -0.4 is 4.57 Å². The maximum Gasteiger partial charge on any atom is 0.213 e. The second-order valence-electron chi connectivity index (χ2n) is 8.83. The molecule has 0 aliphatic heterocycles. The Bertz CT molecular complexity index is 1580. The zero-order chi connectivity index (χ0) is 27.0. The highest BCUT2D eigenvalue weighted by molar-refractivity contribution is 6.06. The van der Waals surface area contributed by atoms with E-state index in [-0.39, 0.29) is 17.2 Å². The minimum absolute atomic E-state index is 0.108. The SMILES string of the molecule is [2H]c1c(C([2H])([2H])C(C)(C)C)c(C([2H])([2H])[2H])c(C)[n+](C)c1-c1cc2oc3cc(C#N)ccc3c2cc1C. The number of aryl methyl sites for hydroxylation is 1. The Hall–Kier alpha value is -3.12. The molecule has 3 heteroatoms. The molecule has 0 bridgehead atoms. The lowest BCUT2D eigenvalue weighted by Gasteiger charge is -2.20. The summed E-state index contributed by atoms with van der Waals surface area (Å²) in [6.07, 6.45) is -2.09. The van der Waals surface area contributed by atoms with Gasteiger partial charge in [0.1, 0.15) is 18.2 Å². The second-order valence-corrected chi connectivity index (χ2v) is 8.83. The van der Waals surface area contributed by atoms with Crippen molar-refractivity contribution in [3.05, 3.63) is 64.3 Å². The normalized spacial score (nSPS) is 15.8. The number of furan rings is 1. The van der Waals surface area contributed by atoms with Gasteiger partial charge < -0.3 is 4.42 Å². The molecular weight excluding hydrogens is 368 g/mol. The number of benzene rings is 2. The fraction of sp³-hybridized carbons (Fsp3) is 0.333. The molecule has 2 aromatic carbocycles. The number of fused-ring (bicyclic) bond motifs is 3. The van der Waals surface area contributed by atoms with Gasteiger partial charge in [-0.15, -0.1) is 0 Å². The van der Waals surface area contributed by atoms with Crippen molar-refractivity contribution >= 4 is 21.9 Å². The first-order valence-electron chi connectivity index (χ1n) is 12.9. The molecule has 4 aromatic rings. The van der Waals surface area contributed by atoms with E-state index >= 15 is 0 Å². The van der Waals surface area contributed by atoms with Gasteiger partial charge in [0, 0.05) is 36.2 Å². The second kappa shape index (κ2) is 6.99. The average molecular weight is 404 g/mol. The highest BCUT2D eigenvalue weighted by Crippen LogP contribution is 2.35. The number of rotatable bonds is 2. The van der Waals surface area contributed by atoms with E-state index in [0.29, 0.717) is 33.7 Å². The van der Waals surface area contributed by atoms with Gasteiger partial charge >= 0.3 is 0 Å². The summed E-state index contributed by atoms with van der Waals surface area (Å²) in [6.45, 7) is 6.09. The Kier molecular flexibility index (Phi) is 3.26. The van der Waals surface area contributed by atoms with E-state index in [4.69, 9.17) is 12.6 Å². The maximum absolute atomic E-state index is 9.24. The minimum atomic E-state index is -2.60. The third kappa shape index (κ3) is 3.37. The van der Waals surface area contributed by atoms with E-state index in [1.807, 2.05) is 25.1 Å². The molecule has 0 amide bonds. The first-order chi connectivity index (χ1) is 16.5. The zero-order valence-corrected chi connectivity index (χ0v) is 18.2. The van der Waals surface area contributed by atoms with Gasteiger partial charge in [0.25, 0.3) is 0 Å². The van der Waals surface area contributed by atoms with Crippen molar-refractivity contribution in [3.63, 3.8) is 0 Å². The molecule has 3 nitrogen and oxygen atoms in total. The zero-order valence-electron chi connectivity index (χ0n) is 24.2. The molecule has 0 aliphatic carbocycles. The number of nitrogens with zero attached hydrogens (tertiary/aromatic N) is 2. The van der Waals surface area contributed by atoms with E-state index in [1.54, 1.807) is 51.4 Å². The van der Waals surface area contributed by atoms with Crippen LogP contribution in [0.3, 0.4) is 0 Å². The molecule has 0 spiro atoms. The highest BCUT2D eigenvalue weighted by Gasteiger charge is 2.23. The lowest BCUT2D eigenvalue weighted by Crippen LogP contribution is -2.36. The molecule has 0 aliphatic rings. The summed E-state index contributed by atoms with van der Waals surface area (Å²) in [5.41, 5.74) is 2.74. The molecular formula is C27H29N2O+. The van der Waals surface area contributed by atoms with Crippen molar-refractivity contribution in [2.45, 2.75) is 47.8 Å². The Morgan fingerprint density at radius 1 is 1.17 bits per heavy atom. The number of aromatic nitrogens is 1. The lowest BCUT2D eigenvalue weighted by atomic mass is 9.85. The number of nitriles is 1. The van der Waals surface area contributed by atoms with Crippen LogP contribution in [-0.4, -0.2) is 0 Å². The molecule has 0 N–H and O–H groups in total. The Morgan fingerprint density at radius 3 is 2.57 bits per heavy atom. The summed E-state index contributed by atoms with van der Waals surface area (Å²) in [5, 5.41) is 11.0. The third-order valence-electron chi connectivity index (χ3n) is 5.40. The Morgan fingerprint density at radius 2 is 1.90 bits per heavy atom. The quantitative estimate of drug-likeness (QED) is 0.360. The van der Waals surface area contributed by atoms with Crippen LogP contribution >= 0.6 is 0 Å². The molecule has 0 radical (unpaired) electrons. The minimum Gasteiger partial charge on any atom is -0.456 e. The molecule has 0 saturated carbocycles. The molecule has 0 atom stereocenters. The van der Waals surface area contributed by atoms with Gasteiger partial charge in [-0.25, -0.2) is 0 Å². The maximum atomic E-state index is 9.24. The lowest BCUT2D eigenvalue weighted by molar-refractivity contribution is -0.667. The van der Waals surface area contributed by atoms with E-state index in [2.05, 4.69) is 6.07 Å². The van der Waals surface area contributed by atoms with Gasteiger partial charge in [0.15, 0.2) is 5.69 Å². The van der Waals surface area contributed by atoms with Crippen molar-refractivity contribution in [1.82, 2.24) is 0 Å². The van der Waals surface area contributed by atoms with Crippen LogP contribution in [0.5, 0.6) is 0 Å². The van der Waals surface area contributed by atoms with Gasteiger partial charge in [-0.3, -0.25) is 0 Å². The Labute approximate surface area is 187 Å². The van der Waals surface area contributed by atoms with Crippen LogP contribution in [0.25, 0.3) is 33.2 Å². The van der Waals surface area contributed by atoms with E-state index in [9.17, 15) is 5.26 Å². The molecule has 0 unspecified atom stereocenters. The molecule has 2 heterocycles. The standard InChI is InChI=1S/C27H29N2O/c1-16-10-23-21-9-8-19(15-28)11-25(21)30-26(23)13-22(16)24-12-20(14-27(4,5)6)17(2)18(3)29(24)7/h8-13H,14H2,1-7H3/q+1/i2D3,12D,14D2. The fourth-order valence-electron chi connectivity index (χ4n) is 3.75. The van der Waals surface area contributed by atoms with Crippen molar-refractivity contribution < 1.29 is 17.2 Å². The molecule has 2 aromatic heterocycles. The Balaban J connectivity index is 2.12. The number of pyridine rings is 1. The third-order valence-corrected chi connectivity index (χ3v) is 5.40. The van der Waals surface area contributed by atoms with Crippen LogP contribution in [0.15, 0.2) is 40.8 Å².